The Morgan fingerprint density at radius 1 is 1.12 bits per heavy atom. The van der Waals surface area contributed by atoms with E-state index in [0.29, 0.717) is 46.7 Å². The van der Waals surface area contributed by atoms with Crippen molar-refractivity contribution in [3.8, 4) is 17.3 Å². The molecule has 0 aliphatic heterocycles. The molecule has 0 amide bonds. The van der Waals surface area contributed by atoms with E-state index in [0.717, 1.165) is 30.3 Å². The Hall–Kier alpha value is -4.06. The maximum absolute atomic E-state index is 13.2. The molecule has 1 fully saturated rings. The summed E-state index contributed by atoms with van der Waals surface area (Å²) in [7, 11) is 3.06. The molecule has 0 aromatic carbocycles. The van der Waals surface area contributed by atoms with Crippen molar-refractivity contribution in [3.05, 3.63) is 75.1 Å². The number of pyridine rings is 1. The third kappa shape index (κ3) is 4.76. The van der Waals surface area contributed by atoms with Crippen LogP contribution in [0.1, 0.15) is 48.8 Å². The van der Waals surface area contributed by atoms with Gasteiger partial charge in [-0.15, -0.1) is 0 Å². The van der Waals surface area contributed by atoms with Crippen molar-refractivity contribution in [1.82, 2.24) is 34.1 Å². The molecular weight excluding hydrogens is 547 g/mol. The molecule has 6 rings (SSSR count). The van der Waals surface area contributed by atoms with Gasteiger partial charge >= 0.3 is 6.18 Å². The summed E-state index contributed by atoms with van der Waals surface area (Å²) >= 11 is 6.29. The molecule has 4 aromatic rings. The summed E-state index contributed by atoms with van der Waals surface area (Å²) in [5.74, 6) is 1.24. The summed E-state index contributed by atoms with van der Waals surface area (Å²) in [6.07, 6.45) is 6.06. The van der Waals surface area contributed by atoms with Crippen LogP contribution in [0.15, 0.2) is 47.3 Å². The first-order valence-electron chi connectivity index (χ1n) is 12.6. The molecule has 1 saturated carbocycles. The van der Waals surface area contributed by atoms with Crippen LogP contribution in [0, 0.1) is 0 Å². The Kier molecular flexibility index (Phi) is 6.44. The van der Waals surface area contributed by atoms with Gasteiger partial charge in [-0.2, -0.15) is 13.2 Å². The van der Waals surface area contributed by atoms with Crippen molar-refractivity contribution in [2.45, 2.75) is 44.3 Å². The summed E-state index contributed by atoms with van der Waals surface area (Å²) in [4.78, 5) is 35.0. The smallest absolute Gasteiger partial charge is 0.434 e. The number of ether oxygens (including phenoxy) is 1. The highest BCUT2D eigenvalue weighted by Gasteiger charge is 2.35. The normalized spacial score (nSPS) is 15.8. The summed E-state index contributed by atoms with van der Waals surface area (Å²) in [6.45, 7) is 0.197. The van der Waals surface area contributed by atoms with Gasteiger partial charge in [0, 0.05) is 37.3 Å². The highest BCUT2D eigenvalue weighted by molar-refractivity contribution is 6.31. The van der Waals surface area contributed by atoms with Crippen LogP contribution in [-0.2, 0) is 19.8 Å². The van der Waals surface area contributed by atoms with Gasteiger partial charge in [-0.05, 0) is 37.3 Å². The average molecular weight is 570 g/mol. The van der Waals surface area contributed by atoms with E-state index >= 15 is 0 Å². The van der Waals surface area contributed by atoms with E-state index in [2.05, 4.69) is 19.9 Å². The van der Waals surface area contributed by atoms with Gasteiger partial charge in [0.25, 0.3) is 5.56 Å². The first kappa shape index (κ1) is 26.2. The largest absolute Gasteiger partial charge is 0.480 e. The zero-order valence-corrected chi connectivity index (χ0v) is 22.3. The molecule has 0 N–H and O–H groups in total. The first-order valence-corrected chi connectivity index (χ1v) is 13.0. The van der Waals surface area contributed by atoms with Crippen LogP contribution in [0.3, 0.4) is 0 Å². The molecule has 4 aromatic heterocycles. The Labute approximate surface area is 231 Å². The minimum atomic E-state index is -4.52. The number of imidazole rings is 1. The van der Waals surface area contributed by atoms with Gasteiger partial charge in [-0.1, -0.05) is 29.3 Å². The highest BCUT2D eigenvalue weighted by atomic mass is 35.5. The van der Waals surface area contributed by atoms with Crippen molar-refractivity contribution in [1.29, 1.82) is 0 Å². The van der Waals surface area contributed by atoms with Crippen LogP contribution in [0.2, 0.25) is 5.02 Å². The van der Waals surface area contributed by atoms with Crippen molar-refractivity contribution in [2.24, 2.45) is 7.05 Å². The standard InChI is InChI=1S/C27H23ClF3N7O2/c1-37-12-19(27(29,30)31)35-23(37)16-5-3-14(4-6-16)11-38-24-17(9-18(28)26(38)39)10-32-22(36-24)20-21(15-7-8-15)33-13-34-25(20)40-2/h3,5,9-10,12-13,15H,4,6-8,11H2,1-2H3. The highest BCUT2D eigenvalue weighted by Crippen LogP contribution is 2.45. The van der Waals surface area contributed by atoms with Crippen LogP contribution < -0.4 is 10.3 Å². The molecule has 0 spiro atoms. The van der Waals surface area contributed by atoms with Crippen molar-refractivity contribution < 1.29 is 17.9 Å². The minimum Gasteiger partial charge on any atom is -0.480 e. The molecule has 4 heterocycles. The van der Waals surface area contributed by atoms with E-state index < -0.39 is 17.4 Å². The number of fused-ring (bicyclic) bond motifs is 1. The molecule has 9 nitrogen and oxygen atoms in total. The zero-order chi connectivity index (χ0) is 28.2. The van der Waals surface area contributed by atoms with Gasteiger partial charge in [0.05, 0.1) is 12.8 Å². The lowest BCUT2D eigenvalue weighted by atomic mass is 9.97. The molecule has 2 aliphatic rings. The SMILES string of the molecule is COc1ncnc(C2CC2)c1-c1ncc2cc(Cl)c(=O)n(CC3=CC=C(c4nc(C(F)(F)F)cn4C)CC3)c2n1. The van der Waals surface area contributed by atoms with E-state index in [1.54, 1.807) is 18.3 Å². The van der Waals surface area contributed by atoms with Gasteiger partial charge in [0.1, 0.15) is 28.4 Å². The number of aryl methyl sites for hydroxylation is 1. The molecule has 0 bridgehead atoms. The van der Waals surface area contributed by atoms with E-state index in [1.807, 2.05) is 0 Å². The summed E-state index contributed by atoms with van der Waals surface area (Å²) in [6, 6.07) is 1.53. The lowest BCUT2D eigenvalue weighted by Gasteiger charge is -2.17. The number of allylic oxidation sites excluding steroid dienone is 4. The lowest BCUT2D eigenvalue weighted by Crippen LogP contribution is -2.23. The second-order valence-electron chi connectivity index (χ2n) is 9.85. The summed E-state index contributed by atoms with van der Waals surface area (Å²) in [5, 5.41) is 0.612. The second kappa shape index (κ2) is 9.84. The number of nitrogens with zero attached hydrogens (tertiary/aromatic N) is 7. The molecule has 0 unspecified atom stereocenters. The van der Waals surface area contributed by atoms with Gasteiger partial charge < -0.3 is 9.30 Å². The van der Waals surface area contributed by atoms with Gasteiger partial charge in [0.15, 0.2) is 11.5 Å². The van der Waals surface area contributed by atoms with Crippen LogP contribution in [-0.4, -0.2) is 41.2 Å². The number of hydrogen-bond donors (Lipinski definition) is 0. The Bertz CT molecular complexity index is 1770. The molecule has 0 radical (unpaired) electrons. The van der Waals surface area contributed by atoms with Crippen molar-refractivity contribution >= 4 is 28.2 Å². The maximum Gasteiger partial charge on any atom is 0.434 e. The monoisotopic (exact) mass is 569 g/mol. The summed E-state index contributed by atoms with van der Waals surface area (Å²) in [5.41, 5.74) is 2.02. The molecule has 13 heteroatoms. The fourth-order valence-corrected chi connectivity index (χ4v) is 5.13. The average Bonchev–Trinajstić information content (AvgIpc) is 3.71. The predicted octanol–water partition coefficient (Wildman–Crippen LogP) is 5.34. The summed E-state index contributed by atoms with van der Waals surface area (Å²) < 4.78 is 47.7. The van der Waals surface area contributed by atoms with Gasteiger partial charge in [0.2, 0.25) is 5.88 Å². The minimum absolute atomic E-state index is 0.0310. The number of aromatic nitrogens is 7. The van der Waals surface area contributed by atoms with E-state index in [4.69, 9.17) is 21.3 Å². The fourth-order valence-electron chi connectivity index (χ4n) is 4.91. The Morgan fingerprint density at radius 2 is 1.93 bits per heavy atom. The first-order chi connectivity index (χ1) is 19.1. The molecular formula is C27H23ClF3N7O2. The number of hydrogen-bond acceptors (Lipinski definition) is 7. The second-order valence-corrected chi connectivity index (χ2v) is 10.3. The number of rotatable bonds is 6. The van der Waals surface area contributed by atoms with Crippen LogP contribution >= 0.6 is 11.6 Å². The van der Waals surface area contributed by atoms with E-state index in [-0.39, 0.29) is 23.3 Å². The molecule has 40 heavy (non-hydrogen) atoms. The topological polar surface area (TPSA) is 101 Å². The molecule has 2 aliphatic carbocycles. The molecule has 0 atom stereocenters. The number of halogens is 4. The van der Waals surface area contributed by atoms with Crippen molar-refractivity contribution in [3.63, 3.8) is 0 Å². The number of methoxy groups -OCH3 is 1. The molecule has 0 saturated heterocycles. The molecule has 206 valence electrons. The fraction of sp³-hybridized carbons (Fsp3) is 0.333. The maximum atomic E-state index is 13.2. The Balaban J connectivity index is 1.39. The zero-order valence-electron chi connectivity index (χ0n) is 21.5. The third-order valence-electron chi connectivity index (χ3n) is 7.06. The van der Waals surface area contributed by atoms with Gasteiger partial charge in [-0.3, -0.25) is 9.36 Å². The van der Waals surface area contributed by atoms with Crippen molar-refractivity contribution in [2.75, 3.05) is 7.11 Å². The van der Waals surface area contributed by atoms with Crippen LogP contribution in [0.4, 0.5) is 13.2 Å². The van der Waals surface area contributed by atoms with E-state index in [1.165, 1.54) is 35.7 Å². The number of alkyl halides is 3. The van der Waals surface area contributed by atoms with Crippen LogP contribution in [0.25, 0.3) is 28.0 Å². The quantitative estimate of drug-likeness (QED) is 0.309. The Morgan fingerprint density at radius 3 is 2.58 bits per heavy atom. The predicted molar refractivity (Wildman–Crippen MR) is 142 cm³/mol. The van der Waals surface area contributed by atoms with E-state index in [9.17, 15) is 18.0 Å². The van der Waals surface area contributed by atoms with Crippen LogP contribution in [0.5, 0.6) is 5.88 Å². The lowest BCUT2D eigenvalue weighted by molar-refractivity contribution is -0.141. The third-order valence-corrected chi connectivity index (χ3v) is 7.33. The van der Waals surface area contributed by atoms with Gasteiger partial charge in [-0.25, -0.2) is 24.9 Å².